The first-order chi connectivity index (χ1) is 12.6. The summed E-state index contributed by atoms with van der Waals surface area (Å²) in [5, 5.41) is 11.7. The molecule has 0 saturated carbocycles. The number of likely N-dealkylation sites (tertiary alicyclic amines) is 1. The van der Waals surface area contributed by atoms with E-state index < -0.39 is 29.7 Å². The van der Waals surface area contributed by atoms with Crippen LogP contribution in [0.2, 0.25) is 0 Å². The highest BCUT2D eigenvalue weighted by Gasteiger charge is 2.36. The van der Waals surface area contributed by atoms with Crippen molar-refractivity contribution >= 4 is 23.7 Å². The average molecular weight is 377 g/mol. The van der Waals surface area contributed by atoms with Crippen LogP contribution in [0.5, 0.6) is 0 Å². The maximum absolute atomic E-state index is 12.6. The van der Waals surface area contributed by atoms with Crippen LogP contribution < -0.4 is 11.1 Å². The van der Waals surface area contributed by atoms with Crippen LogP contribution in [0, 0.1) is 0 Å². The Balaban J connectivity index is 1.97. The third-order valence-corrected chi connectivity index (χ3v) is 4.18. The molecule has 27 heavy (non-hydrogen) atoms. The number of ether oxygens (including phenoxy) is 1. The molecule has 0 unspecified atom stereocenters. The van der Waals surface area contributed by atoms with Crippen LogP contribution in [0.3, 0.4) is 0 Å². The van der Waals surface area contributed by atoms with Crippen LogP contribution in [0.15, 0.2) is 24.3 Å². The molecule has 0 radical (unpaired) electrons. The van der Waals surface area contributed by atoms with Crippen LogP contribution in [0.4, 0.5) is 10.5 Å². The fourth-order valence-corrected chi connectivity index (χ4v) is 2.87. The Morgan fingerprint density at radius 3 is 2.48 bits per heavy atom. The quantitative estimate of drug-likeness (QED) is 0.721. The highest BCUT2D eigenvalue weighted by molar-refractivity contribution is 5.96. The van der Waals surface area contributed by atoms with Gasteiger partial charge in [0.25, 0.3) is 0 Å². The van der Waals surface area contributed by atoms with Crippen molar-refractivity contribution in [1.82, 2.24) is 4.90 Å². The third-order valence-electron chi connectivity index (χ3n) is 4.18. The van der Waals surface area contributed by atoms with Crippen molar-refractivity contribution in [2.45, 2.75) is 57.7 Å². The maximum atomic E-state index is 12.6. The van der Waals surface area contributed by atoms with Crippen molar-refractivity contribution in [3.63, 3.8) is 0 Å². The smallest absolute Gasteiger partial charge is 0.410 e. The van der Waals surface area contributed by atoms with Crippen LogP contribution >= 0.6 is 0 Å². The molecular formula is C19H27N3O5. The number of hydrogen-bond acceptors (Lipinski definition) is 5. The number of carboxylic acid groups (broad SMARTS) is 1. The SMILES string of the molecule is CC(C)(C)OC(=O)N1CCC[C@H]1C(=O)Nc1ccc(C[C@H](N)C(=O)O)cc1. The van der Waals surface area contributed by atoms with Gasteiger partial charge in [0.2, 0.25) is 5.91 Å². The van der Waals surface area contributed by atoms with Gasteiger partial charge in [-0.3, -0.25) is 14.5 Å². The first-order valence-corrected chi connectivity index (χ1v) is 8.94. The van der Waals surface area contributed by atoms with E-state index in [0.717, 1.165) is 12.0 Å². The average Bonchev–Trinajstić information content (AvgIpc) is 3.05. The molecule has 1 aromatic rings. The van der Waals surface area contributed by atoms with E-state index in [2.05, 4.69) is 5.32 Å². The number of carbonyl (C=O) groups is 3. The number of anilines is 1. The maximum Gasteiger partial charge on any atom is 0.410 e. The van der Waals surface area contributed by atoms with Gasteiger partial charge in [-0.2, -0.15) is 0 Å². The molecule has 2 rings (SSSR count). The summed E-state index contributed by atoms with van der Waals surface area (Å²) in [6, 6.07) is 5.28. The number of nitrogens with one attached hydrogen (secondary N) is 1. The first kappa shape index (κ1) is 20.7. The number of carboxylic acids is 1. The first-order valence-electron chi connectivity index (χ1n) is 8.94. The summed E-state index contributed by atoms with van der Waals surface area (Å²) in [4.78, 5) is 37.2. The fraction of sp³-hybridized carbons (Fsp3) is 0.526. The number of rotatable bonds is 5. The number of carbonyl (C=O) groups excluding carboxylic acids is 2. The van der Waals surface area contributed by atoms with E-state index in [1.165, 1.54) is 4.90 Å². The Kier molecular flexibility index (Phi) is 6.43. The molecule has 8 heteroatoms. The Labute approximate surface area is 158 Å². The second kappa shape index (κ2) is 8.39. The van der Waals surface area contributed by atoms with E-state index in [4.69, 9.17) is 15.6 Å². The van der Waals surface area contributed by atoms with Crippen LogP contribution in [0.1, 0.15) is 39.2 Å². The summed E-state index contributed by atoms with van der Waals surface area (Å²) in [5.41, 5.74) is 6.24. The van der Waals surface area contributed by atoms with Gasteiger partial charge < -0.3 is 20.9 Å². The molecule has 1 aliphatic heterocycles. The number of aliphatic carboxylic acids is 1. The molecule has 0 aliphatic carbocycles. The van der Waals surface area contributed by atoms with Crippen molar-refractivity contribution in [2.24, 2.45) is 5.73 Å². The largest absolute Gasteiger partial charge is 0.480 e. The van der Waals surface area contributed by atoms with Gasteiger partial charge in [-0.25, -0.2) is 4.79 Å². The van der Waals surface area contributed by atoms with Gasteiger partial charge in [0.15, 0.2) is 0 Å². The normalized spacial score (nSPS) is 18.1. The number of amides is 2. The van der Waals surface area contributed by atoms with Gasteiger partial charge in [-0.1, -0.05) is 12.1 Å². The summed E-state index contributed by atoms with van der Waals surface area (Å²) in [5.74, 6) is -1.33. The second-order valence-corrected chi connectivity index (χ2v) is 7.67. The molecule has 1 heterocycles. The lowest BCUT2D eigenvalue weighted by molar-refractivity contribution is -0.138. The van der Waals surface area contributed by atoms with E-state index in [9.17, 15) is 14.4 Å². The third kappa shape index (κ3) is 5.96. The lowest BCUT2D eigenvalue weighted by Gasteiger charge is -2.28. The zero-order chi connectivity index (χ0) is 20.2. The van der Waals surface area contributed by atoms with Crippen molar-refractivity contribution in [3.05, 3.63) is 29.8 Å². The van der Waals surface area contributed by atoms with Gasteiger partial charge >= 0.3 is 12.1 Å². The predicted octanol–water partition coefficient (Wildman–Crippen LogP) is 1.98. The minimum Gasteiger partial charge on any atom is -0.480 e. The van der Waals surface area contributed by atoms with E-state index in [0.29, 0.717) is 18.7 Å². The van der Waals surface area contributed by atoms with Crippen molar-refractivity contribution < 1.29 is 24.2 Å². The lowest BCUT2D eigenvalue weighted by Crippen LogP contribution is -2.45. The number of nitrogens with two attached hydrogens (primary N) is 1. The van der Waals surface area contributed by atoms with Crippen molar-refractivity contribution in [1.29, 1.82) is 0 Å². The van der Waals surface area contributed by atoms with E-state index in [1.54, 1.807) is 45.0 Å². The predicted molar refractivity (Wildman–Crippen MR) is 100 cm³/mol. The summed E-state index contributed by atoms with van der Waals surface area (Å²) in [6.45, 7) is 5.84. The molecule has 148 valence electrons. The lowest BCUT2D eigenvalue weighted by atomic mass is 10.1. The fourth-order valence-electron chi connectivity index (χ4n) is 2.87. The molecule has 1 fully saturated rings. The van der Waals surface area contributed by atoms with E-state index >= 15 is 0 Å². The summed E-state index contributed by atoms with van der Waals surface area (Å²) >= 11 is 0. The molecule has 1 aliphatic rings. The van der Waals surface area contributed by atoms with E-state index in [1.807, 2.05) is 0 Å². The Bertz CT molecular complexity index is 696. The standard InChI is InChI=1S/C19H27N3O5/c1-19(2,3)27-18(26)22-10-4-5-15(22)16(23)21-13-8-6-12(7-9-13)11-14(20)17(24)25/h6-9,14-15H,4-5,10-11,20H2,1-3H3,(H,21,23)(H,24,25)/t14-,15-/m0/s1. The molecule has 8 nitrogen and oxygen atoms in total. The molecule has 2 amide bonds. The van der Waals surface area contributed by atoms with Crippen LogP contribution in [0.25, 0.3) is 0 Å². The topological polar surface area (TPSA) is 122 Å². The van der Waals surface area contributed by atoms with E-state index in [-0.39, 0.29) is 12.3 Å². The van der Waals surface area contributed by atoms with Gasteiger partial charge in [0.05, 0.1) is 0 Å². The Hall–Kier alpha value is -2.61. The van der Waals surface area contributed by atoms with Crippen molar-refractivity contribution in [3.8, 4) is 0 Å². The molecular weight excluding hydrogens is 350 g/mol. The molecule has 1 aromatic carbocycles. The molecule has 4 N–H and O–H groups in total. The van der Waals surface area contributed by atoms with Gasteiger partial charge in [-0.05, 0) is 57.7 Å². The van der Waals surface area contributed by atoms with Gasteiger partial charge in [0, 0.05) is 12.2 Å². The van der Waals surface area contributed by atoms with Crippen LogP contribution in [-0.2, 0) is 20.7 Å². The van der Waals surface area contributed by atoms with Crippen LogP contribution in [-0.4, -0.2) is 52.2 Å². The molecule has 0 bridgehead atoms. The highest BCUT2D eigenvalue weighted by Crippen LogP contribution is 2.22. The molecule has 0 spiro atoms. The van der Waals surface area contributed by atoms with Crippen molar-refractivity contribution in [2.75, 3.05) is 11.9 Å². The number of hydrogen-bond donors (Lipinski definition) is 3. The minimum atomic E-state index is -1.06. The monoisotopic (exact) mass is 377 g/mol. The highest BCUT2D eigenvalue weighted by atomic mass is 16.6. The molecule has 1 saturated heterocycles. The Morgan fingerprint density at radius 2 is 1.93 bits per heavy atom. The molecule has 2 atom stereocenters. The minimum absolute atomic E-state index is 0.207. The number of benzene rings is 1. The zero-order valence-electron chi connectivity index (χ0n) is 15.9. The number of nitrogens with zero attached hydrogens (tertiary/aromatic N) is 1. The summed E-state index contributed by atoms with van der Waals surface area (Å²) in [7, 11) is 0. The summed E-state index contributed by atoms with van der Waals surface area (Å²) < 4.78 is 5.37. The van der Waals surface area contributed by atoms with Gasteiger partial charge in [0.1, 0.15) is 17.7 Å². The molecule has 0 aromatic heterocycles. The van der Waals surface area contributed by atoms with Gasteiger partial charge in [-0.15, -0.1) is 0 Å². The second-order valence-electron chi connectivity index (χ2n) is 7.67. The summed E-state index contributed by atoms with van der Waals surface area (Å²) in [6.07, 6.45) is 1.04. The zero-order valence-corrected chi connectivity index (χ0v) is 15.9. The Morgan fingerprint density at radius 1 is 1.30 bits per heavy atom.